The van der Waals surface area contributed by atoms with Gasteiger partial charge in [0.1, 0.15) is 11.6 Å². The Balaban J connectivity index is 2.48. The SMILES string of the molecule is CNC(CCOc1ccc(F)cc1C)C(N)=O. The fraction of sp³-hybridized carbons (Fsp3) is 0.417. The molecule has 1 unspecified atom stereocenters. The third-order valence-corrected chi connectivity index (χ3v) is 2.49. The third-order valence-electron chi connectivity index (χ3n) is 2.49. The van der Waals surface area contributed by atoms with E-state index in [-0.39, 0.29) is 5.82 Å². The summed E-state index contributed by atoms with van der Waals surface area (Å²) in [5.74, 6) is -0.0854. The van der Waals surface area contributed by atoms with E-state index in [0.717, 1.165) is 5.56 Å². The summed E-state index contributed by atoms with van der Waals surface area (Å²) >= 11 is 0. The van der Waals surface area contributed by atoms with E-state index in [1.54, 1.807) is 20.0 Å². The van der Waals surface area contributed by atoms with Crippen LogP contribution in [-0.4, -0.2) is 25.6 Å². The molecule has 0 aliphatic heterocycles. The Kier molecular flexibility index (Phi) is 4.90. The number of primary amides is 1. The van der Waals surface area contributed by atoms with Crippen LogP contribution in [0.15, 0.2) is 18.2 Å². The highest BCUT2D eigenvalue weighted by molar-refractivity contribution is 5.79. The van der Waals surface area contributed by atoms with Gasteiger partial charge in [-0.25, -0.2) is 4.39 Å². The number of hydrogen-bond acceptors (Lipinski definition) is 3. The monoisotopic (exact) mass is 240 g/mol. The summed E-state index contributed by atoms with van der Waals surface area (Å²) < 4.78 is 18.3. The van der Waals surface area contributed by atoms with Crippen LogP contribution < -0.4 is 15.8 Å². The molecule has 4 nitrogen and oxygen atoms in total. The highest BCUT2D eigenvalue weighted by atomic mass is 19.1. The van der Waals surface area contributed by atoms with Gasteiger partial charge in [0.05, 0.1) is 12.6 Å². The van der Waals surface area contributed by atoms with Gasteiger partial charge in [0, 0.05) is 6.42 Å². The molecule has 0 heterocycles. The number of carbonyl (C=O) groups is 1. The maximum Gasteiger partial charge on any atom is 0.234 e. The third kappa shape index (κ3) is 4.03. The lowest BCUT2D eigenvalue weighted by atomic mass is 10.2. The highest BCUT2D eigenvalue weighted by Gasteiger charge is 2.12. The van der Waals surface area contributed by atoms with Crippen molar-refractivity contribution in [1.82, 2.24) is 5.32 Å². The van der Waals surface area contributed by atoms with Crippen LogP contribution in [0, 0.1) is 12.7 Å². The molecule has 1 rings (SSSR count). The molecular weight excluding hydrogens is 223 g/mol. The second kappa shape index (κ2) is 6.20. The number of hydrogen-bond donors (Lipinski definition) is 2. The van der Waals surface area contributed by atoms with E-state index >= 15 is 0 Å². The molecule has 0 aromatic heterocycles. The fourth-order valence-corrected chi connectivity index (χ4v) is 1.49. The van der Waals surface area contributed by atoms with Crippen molar-refractivity contribution < 1.29 is 13.9 Å². The maximum atomic E-state index is 12.8. The van der Waals surface area contributed by atoms with Crippen molar-refractivity contribution in [1.29, 1.82) is 0 Å². The van der Waals surface area contributed by atoms with E-state index in [2.05, 4.69) is 5.32 Å². The van der Waals surface area contributed by atoms with Crippen molar-refractivity contribution >= 4 is 5.91 Å². The number of halogens is 1. The molecule has 1 amide bonds. The van der Waals surface area contributed by atoms with Gasteiger partial charge in [0.25, 0.3) is 0 Å². The van der Waals surface area contributed by atoms with E-state index < -0.39 is 11.9 Å². The molecule has 0 spiro atoms. The molecule has 0 aliphatic rings. The molecule has 17 heavy (non-hydrogen) atoms. The smallest absolute Gasteiger partial charge is 0.234 e. The van der Waals surface area contributed by atoms with Gasteiger partial charge < -0.3 is 15.8 Å². The molecule has 0 aliphatic carbocycles. The predicted octanol–water partition coefficient (Wildman–Crippen LogP) is 0.976. The maximum absolute atomic E-state index is 12.8. The van der Waals surface area contributed by atoms with Gasteiger partial charge in [0.15, 0.2) is 0 Å². The quantitative estimate of drug-likeness (QED) is 0.779. The normalized spacial score (nSPS) is 12.2. The molecule has 0 radical (unpaired) electrons. The Labute approximate surface area is 100.0 Å². The van der Waals surface area contributed by atoms with Crippen molar-refractivity contribution in [3.8, 4) is 5.75 Å². The number of amides is 1. The zero-order chi connectivity index (χ0) is 12.8. The Morgan fingerprint density at radius 2 is 2.29 bits per heavy atom. The summed E-state index contributed by atoms with van der Waals surface area (Å²) in [7, 11) is 1.67. The van der Waals surface area contributed by atoms with Crippen LogP contribution in [0.1, 0.15) is 12.0 Å². The van der Waals surface area contributed by atoms with Crippen LogP contribution in [0.25, 0.3) is 0 Å². The Morgan fingerprint density at radius 1 is 1.59 bits per heavy atom. The molecule has 0 saturated heterocycles. The first-order valence-corrected chi connectivity index (χ1v) is 5.40. The molecule has 1 aromatic rings. The number of benzene rings is 1. The largest absolute Gasteiger partial charge is 0.493 e. The number of likely N-dealkylation sites (N-methyl/N-ethyl adjacent to an activating group) is 1. The van der Waals surface area contributed by atoms with Crippen LogP contribution >= 0.6 is 0 Å². The summed E-state index contributed by atoms with van der Waals surface area (Å²) in [6.45, 7) is 2.11. The average molecular weight is 240 g/mol. The van der Waals surface area contributed by atoms with E-state index in [9.17, 15) is 9.18 Å². The topological polar surface area (TPSA) is 64.3 Å². The first-order valence-electron chi connectivity index (χ1n) is 5.40. The van der Waals surface area contributed by atoms with E-state index in [4.69, 9.17) is 10.5 Å². The number of nitrogens with two attached hydrogens (primary N) is 1. The van der Waals surface area contributed by atoms with Gasteiger partial charge in [-0.3, -0.25) is 4.79 Å². The van der Waals surface area contributed by atoms with Crippen LogP contribution in [-0.2, 0) is 4.79 Å². The van der Waals surface area contributed by atoms with Crippen molar-refractivity contribution in [2.45, 2.75) is 19.4 Å². The van der Waals surface area contributed by atoms with E-state index in [1.165, 1.54) is 12.1 Å². The second-order valence-electron chi connectivity index (χ2n) is 3.79. The lowest BCUT2D eigenvalue weighted by Crippen LogP contribution is -2.40. The summed E-state index contributed by atoms with van der Waals surface area (Å²) in [6, 6.07) is 3.91. The van der Waals surface area contributed by atoms with Gasteiger partial charge in [0.2, 0.25) is 5.91 Å². The van der Waals surface area contributed by atoms with Gasteiger partial charge in [-0.15, -0.1) is 0 Å². The predicted molar refractivity (Wildman–Crippen MR) is 63.3 cm³/mol. The van der Waals surface area contributed by atoms with Crippen molar-refractivity contribution in [3.05, 3.63) is 29.6 Å². The van der Waals surface area contributed by atoms with Crippen molar-refractivity contribution in [3.63, 3.8) is 0 Å². The Hall–Kier alpha value is -1.62. The number of ether oxygens (including phenoxy) is 1. The summed E-state index contributed by atoms with van der Waals surface area (Å²) in [5, 5.41) is 2.80. The van der Waals surface area contributed by atoms with E-state index in [0.29, 0.717) is 18.8 Å². The molecule has 0 bridgehead atoms. The molecule has 0 saturated carbocycles. The van der Waals surface area contributed by atoms with E-state index in [1.807, 2.05) is 0 Å². The summed E-state index contributed by atoms with van der Waals surface area (Å²) in [4.78, 5) is 10.9. The van der Waals surface area contributed by atoms with Gasteiger partial charge in [-0.1, -0.05) is 0 Å². The number of nitrogens with one attached hydrogen (secondary N) is 1. The molecule has 3 N–H and O–H groups in total. The summed E-state index contributed by atoms with van der Waals surface area (Å²) in [6.07, 6.45) is 0.475. The minimum atomic E-state index is -0.410. The highest BCUT2D eigenvalue weighted by Crippen LogP contribution is 2.18. The number of carbonyl (C=O) groups excluding carboxylic acids is 1. The van der Waals surface area contributed by atoms with Crippen LogP contribution in [0.3, 0.4) is 0 Å². The second-order valence-corrected chi connectivity index (χ2v) is 3.79. The molecule has 5 heteroatoms. The zero-order valence-electron chi connectivity index (χ0n) is 10.00. The number of aryl methyl sites for hydroxylation is 1. The zero-order valence-corrected chi connectivity index (χ0v) is 10.00. The molecule has 0 fully saturated rings. The number of rotatable bonds is 6. The van der Waals surface area contributed by atoms with Crippen LogP contribution in [0.2, 0.25) is 0 Å². The average Bonchev–Trinajstić information content (AvgIpc) is 2.26. The van der Waals surface area contributed by atoms with Crippen molar-refractivity contribution in [2.75, 3.05) is 13.7 Å². The molecule has 94 valence electrons. The first kappa shape index (κ1) is 13.4. The van der Waals surface area contributed by atoms with Crippen molar-refractivity contribution in [2.24, 2.45) is 5.73 Å². The molecular formula is C12H17FN2O2. The summed E-state index contributed by atoms with van der Waals surface area (Å²) in [5.41, 5.74) is 5.90. The van der Waals surface area contributed by atoms with Crippen LogP contribution in [0.5, 0.6) is 5.75 Å². The molecule has 1 aromatic carbocycles. The first-order chi connectivity index (χ1) is 8.04. The minimum Gasteiger partial charge on any atom is -0.493 e. The fourth-order valence-electron chi connectivity index (χ4n) is 1.49. The van der Waals surface area contributed by atoms with Gasteiger partial charge >= 0.3 is 0 Å². The lowest BCUT2D eigenvalue weighted by molar-refractivity contribution is -0.120. The lowest BCUT2D eigenvalue weighted by Gasteiger charge is -2.13. The molecule has 1 atom stereocenters. The Bertz CT molecular complexity index is 396. The minimum absolute atomic E-state index is 0.292. The van der Waals surface area contributed by atoms with Gasteiger partial charge in [-0.2, -0.15) is 0 Å². The Morgan fingerprint density at radius 3 is 2.82 bits per heavy atom. The van der Waals surface area contributed by atoms with Crippen LogP contribution in [0.4, 0.5) is 4.39 Å². The standard InChI is InChI=1S/C12H17FN2O2/c1-8-7-9(13)3-4-11(8)17-6-5-10(15-2)12(14)16/h3-4,7,10,15H,5-6H2,1-2H3,(H2,14,16). The van der Waals surface area contributed by atoms with Gasteiger partial charge in [-0.05, 0) is 37.7 Å².